The SMILES string of the molecule is Cn1ncc(CN(C(=O)CCl)c2cccc3c2CCO3)c1C1CC1. The van der Waals surface area contributed by atoms with Crippen molar-refractivity contribution in [1.82, 2.24) is 9.78 Å². The molecule has 1 fully saturated rings. The fourth-order valence-corrected chi connectivity index (χ4v) is 3.65. The Bertz CT molecular complexity index is 783. The van der Waals surface area contributed by atoms with E-state index in [4.69, 9.17) is 16.3 Å². The van der Waals surface area contributed by atoms with Crippen molar-refractivity contribution in [1.29, 1.82) is 0 Å². The van der Waals surface area contributed by atoms with Crippen LogP contribution in [0.1, 0.15) is 35.6 Å². The molecule has 1 aliphatic carbocycles. The molecule has 1 aliphatic heterocycles. The minimum atomic E-state index is -0.0948. The second kappa shape index (κ2) is 6.13. The number of halogens is 1. The summed E-state index contributed by atoms with van der Waals surface area (Å²) in [7, 11) is 1.97. The lowest BCUT2D eigenvalue weighted by Crippen LogP contribution is -2.32. The summed E-state index contributed by atoms with van der Waals surface area (Å²) in [6, 6.07) is 5.86. The molecule has 0 unspecified atom stereocenters. The van der Waals surface area contributed by atoms with Gasteiger partial charge < -0.3 is 9.64 Å². The highest BCUT2D eigenvalue weighted by atomic mass is 35.5. The van der Waals surface area contributed by atoms with Gasteiger partial charge in [-0.25, -0.2) is 0 Å². The van der Waals surface area contributed by atoms with Crippen molar-refractivity contribution in [2.45, 2.75) is 31.7 Å². The number of amides is 1. The molecule has 2 aromatic rings. The number of hydrogen-bond acceptors (Lipinski definition) is 3. The van der Waals surface area contributed by atoms with Crippen LogP contribution in [0.15, 0.2) is 24.4 Å². The highest BCUT2D eigenvalue weighted by Crippen LogP contribution is 2.42. The van der Waals surface area contributed by atoms with E-state index in [1.807, 2.05) is 36.1 Å². The van der Waals surface area contributed by atoms with Gasteiger partial charge in [-0.15, -0.1) is 11.6 Å². The van der Waals surface area contributed by atoms with Crippen molar-refractivity contribution < 1.29 is 9.53 Å². The van der Waals surface area contributed by atoms with E-state index in [-0.39, 0.29) is 11.8 Å². The maximum atomic E-state index is 12.5. The van der Waals surface area contributed by atoms with Crippen molar-refractivity contribution >= 4 is 23.2 Å². The molecule has 2 aliphatic rings. The number of ether oxygens (including phenoxy) is 1. The van der Waals surface area contributed by atoms with Gasteiger partial charge in [0, 0.05) is 36.2 Å². The number of nitrogens with zero attached hydrogens (tertiary/aromatic N) is 3. The molecular weight excluding hydrogens is 326 g/mol. The summed E-state index contributed by atoms with van der Waals surface area (Å²) in [4.78, 5) is 14.3. The molecule has 0 atom stereocenters. The van der Waals surface area contributed by atoms with Gasteiger partial charge in [0.1, 0.15) is 11.6 Å². The highest BCUT2D eigenvalue weighted by molar-refractivity contribution is 6.29. The van der Waals surface area contributed by atoms with Crippen LogP contribution in [0.2, 0.25) is 0 Å². The largest absolute Gasteiger partial charge is 0.493 e. The Morgan fingerprint density at radius 3 is 3.04 bits per heavy atom. The lowest BCUT2D eigenvalue weighted by atomic mass is 10.1. The van der Waals surface area contributed by atoms with E-state index in [9.17, 15) is 4.79 Å². The molecule has 0 radical (unpaired) electrons. The molecule has 5 nitrogen and oxygen atoms in total. The van der Waals surface area contributed by atoms with Gasteiger partial charge in [-0.3, -0.25) is 9.48 Å². The van der Waals surface area contributed by atoms with E-state index in [1.165, 1.54) is 18.5 Å². The Morgan fingerprint density at radius 2 is 2.29 bits per heavy atom. The lowest BCUT2D eigenvalue weighted by Gasteiger charge is -2.24. The average molecular weight is 346 g/mol. The predicted octanol–water partition coefficient (Wildman–Crippen LogP) is 3.00. The molecule has 0 saturated heterocycles. The minimum absolute atomic E-state index is 0.0381. The molecule has 1 saturated carbocycles. The number of aryl methyl sites for hydroxylation is 1. The van der Waals surface area contributed by atoms with E-state index >= 15 is 0 Å². The summed E-state index contributed by atoms with van der Waals surface area (Å²) in [6.07, 6.45) is 5.09. The van der Waals surface area contributed by atoms with Gasteiger partial charge in [0.2, 0.25) is 5.91 Å². The number of carbonyl (C=O) groups excluding carboxylic acids is 1. The Hall–Kier alpha value is -2.01. The van der Waals surface area contributed by atoms with Crippen LogP contribution in [0, 0.1) is 0 Å². The third-order valence-corrected chi connectivity index (χ3v) is 5.01. The first-order chi connectivity index (χ1) is 11.7. The maximum Gasteiger partial charge on any atom is 0.242 e. The molecule has 1 amide bonds. The summed E-state index contributed by atoms with van der Waals surface area (Å²) in [5.74, 6) is 1.31. The normalized spacial score (nSPS) is 15.9. The Kier molecular flexibility index (Phi) is 3.96. The number of alkyl halides is 1. The molecule has 0 bridgehead atoms. The lowest BCUT2D eigenvalue weighted by molar-refractivity contribution is -0.116. The first-order valence-electron chi connectivity index (χ1n) is 8.31. The maximum absolute atomic E-state index is 12.5. The first kappa shape index (κ1) is 15.5. The van der Waals surface area contributed by atoms with E-state index in [1.54, 1.807) is 4.90 Å². The van der Waals surface area contributed by atoms with Gasteiger partial charge in [-0.2, -0.15) is 5.10 Å². The third kappa shape index (κ3) is 2.67. The van der Waals surface area contributed by atoms with Crippen molar-refractivity contribution in [3.05, 3.63) is 41.2 Å². The topological polar surface area (TPSA) is 47.4 Å². The molecule has 126 valence electrons. The zero-order valence-corrected chi connectivity index (χ0v) is 14.4. The van der Waals surface area contributed by atoms with Gasteiger partial charge in [0.15, 0.2) is 0 Å². The number of rotatable bonds is 5. The van der Waals surface area contributed by atoms with Crippen LogP contribution in [-0.2, 0) is 24.8 Å². The van der Waals surface area contributed by atoms with Crippen molar-refractivity contribution in [2.24, 2.45) is 7.05 Å². The fraction of sp³-hybridized carbons (Fsp3) is 0.444. The number of benzene rings is 1. The van der Waals surface area contributed by atoms with Crippen LogP contribution < -0.4 is 9.64 Å². The number of fused-ring (bicyclic) bond motifs is 1. The number of carbonyl (C=O) groups is 1. The van der Waals surface area contributed by atoms with Gasteiger partial charge in [0.25, 0.3) is 0 Å². The van der Waals surface area contributed by atoms with Crippen LogP contribution >= 0.6 is 11.6 Å². The molecular formula is C18H20ClN3O2. The zero-order valence-electron chi connectivity index (χ0n) is 13.7. The molecule has 6 heteroatoms. The molecule has 1 aromatic heterocycles. The van der Waals surface area contributed by atoms with Crippen molar-refractivity contribution in [2.75, 3.05) is 17.4 Å². The number of aromatic nitrogens is 2. The molecule has 1 aromatic carbocycles. The summed E-state index contributed by atoms with van der Waals surface area (Å²) in [6.45, 7) is 1.16. The Labute approximate surface area is 146 Å². The summed E-state index contributed by atoms with van der Waals surface area (Å²) in [5, 5.41) is 4.40. The van der Waals surface area contributed by atoms with Gasteiger partial charge >= 0.3 is 0 Å². The third-order valence-electron chi connectivity index (χ3n) is 4.78. The van der Waals surface area contributed by atoms with Crippen LogP contribution in [0.4, 0.5) is 5.69 Å². The van der Waals surface area contributed by atoms with Gasteiger partial charge in [-0.1, -0.05) is 6.07 Å². The van der Waals surface area contributed by atoms with Crippen molar-refractivity contribution in [3.63, 3.8) is 0 Å². The Balaban J connectivity index is 1.71. The summed E-state index contributed by atoms with van der Waals surface area (Å²) >= 11 is 5.89. The smallest absolute Gasteiger partial charge is 0.242 e. The van der Waals surface area contributed by atoms with Gasteiger partial charge in [0.05, 0.1) is 25.0 Å². The van der Waals surface area contributed by atoms with E-state index in [2.05, 4.69) is 5.10 Å². The monoisotopic (exact) mass is 345 g/mol. The van der Waals surface area contributed by atoms with E-state index < -0.39 is 0 Å². The second-order valence-corrected chi connectivity index (χ2v) is 6.69. The zero-order chi connectivity index (χ0) is 16.7. The molecule has 24 heavy (non-hydrogen) atoms. The highest BCUT2D eigenvalue weighted by Gasteiger charge is 2.31. The molecule has 0 N–H and O–H groups in total. The minimum Gasteiger partial charge on any atom is -0.493 e. The number of hydrogen-bond donors (Lipinski definition) is 0. The van der Waals surface area contributed by atoms with Crippen LogP contribution in [0.25, 0.3) is 0 Å². The standard InChI is InChI=1S/C18H20ClN3O2/c1-21-18(12-5-6-12)13(10-20-21)11-22(17(23)9-19)15-3-2-4-16-14(15)7-8-24-16/h2-4,10,12H,5-9,11H2,1H3. The summed E-state index contributed by atoms with van der Waals surface area (Å²) in [5.41, 5.74) is 4.34. The van der Waals surface area contributed by atoms with Gasteiger partial charge in [-0.05, 0) is 25.0 Å². The van der Waals surface area contributed by atoms with E-state index in [0.29, 0.717) is 19.1 Å². The predicted molar refractivity (Wildman–Crippen MR) is 92.7 cm³/mol. The number of anilines is 1. The Morgan fingerprint density at radius 1 is 1.46 bits per heavy atom. The molecule has 0 spiro atoms. The summed E-state index contributed by atoms with van der Waals surface area (Å²) < 4.78 is 7.58. The second-order valence-electron chi connectivity index (χ2n) is 6.42. The average Bonchev–Trinajstić information content (AvgIpc) is 3.18. The molecule has 2 heterocycles. The van der Waals surface area contributed by atoms with E-state index in [0.717, 1.165) is 29.0 Å². The first-order valence-corrected chi connectivity index (χ1v) is 8.84. The van der Waals surface area contributed by atoms with Crippen LogP contribution in [-0.4, -0.2) is 28.2 Å². The van der Waals surface area contributed by atoms with Crippen LogP contribution in [0.3, 0.4) is 0 Å². The fourth-order valence-electron chi connectivity index (χ4n) is 3.50. The quantitative estimate of drug-likeness (QED) is 0.783. The van der Waals surface area contributed by atoms with Crippen molar-refractivity contribution in [3.8, 4) is 5.75 Å². The van der Waals surface area contributed by atoms with Crippen LogP contribution in [0.5, 0.6) is 5.75 Å². The molecule has 4 rings (SSSR count).